The van der Waals surface area contributed by atoms with Crippen molar-refractivity contribution in [3.8, 4) is 0 Å². The molecule has 1 heterocycles. The Morgan fingerprint density at radius 3 is 3.14 bits per heavy atom. The largest absolute Gasteiger partial charge is 0.479 e. The van der Waals surface area contributed by atoms with Gasteiger partial charge in [0.05, 0.1) is 6.26 Å². The van der Waals surface area contributed by atoms with Crippen molar-refractivity contribution in [2.75, 3.05) is 7.11 Å². The van der Waals surface area contributed by atoms with Crippen molar-refractivity contribution in [1.82, 2.24) is 0 Å². The minimum atomic E-state index is -1.19. The van der Waals surface area contributed by atoms with Crippen LogP contribution in [0.2, 0.25) is 0 Å². The maximum atomic E-state index is 11.2. The lowest BCUT2D eigenvalue weighted by molar-refractivity contribution is -0.166. The summed E-state index contributed by atoms with van der Waals surface area (Å²) in [5.41, 5.74) is -0.528. The standard InChI is InChI=1S/C10H12O4/c1-13-10(9(11)12)5-2-3-8-7(10)4-6-14-8/h4,6H,2-3,5H2,1H3,(H,11,12). The molecule has 4 nitrogen and oxygen atoms in total. The third-order valence-electron chi connectivity index (χ3n) is 2.81. The van der Waals surface area contributed by atoms with Gasteiger partial charge in [0.2, 0.25) is 0 Å². The van der Waals surface area contributed by atoms with E-state index in [4.69, 9.17) is 9.15 Å². The smallest absolute Gasteiger partial charge is 0.340 e. The van der Waals surface area contributed by atoms with Crippen LogP contribution in [0.4, 0.5) is 0 Å². The van der Waals surface area contributed by atoms with E-state index in [2.05, 4.69) is 0 Å². The van der Waals surface area contributed by atoms with E-state index < -0.39 is 11.6 Å². The van der Waals surface area contributed by atoms with Gasteiger partial charge in [-0.25, -0.2) is 4.79 Å². The Bertz CT molecular complexity index is 355. The molecule has 0 aromatic carbocycles. The van der Waals surface area contributed by atoms with Crippen LogP contribution in [-0.2, 0) is 21.6 Å². The number of carboxylic acid groups (broad SMARTS) is 1. The van der Waals surface area contributed by atoms with Crippen molar-refractivity contribution in [3.05, 3.63) is 23.7 Å². The summed E-state index contributed by atoms with van der Waals surface area (Å²) in [6, 6.07) is 1.69. The van der Waals surface area contributed by atoms with E-state index in [0.29, 0.717) is 12.0 Å². The average Bonchev–Trinajstić information content (AvgIpc) is 2.64. The van der Waals surface area contributed by atoms with E-state index in [9.17, 15) is 9.90 Å². The highest BCUT2D eigenvalue weighted by molar-refractivity contribution is 5.80. The maximum Gasteiger partial charge on any atom is 0.340 e. The lowest BCUT2D eigenvalue weighted by Crippen LogP contribution is -2.40. The topological polar surface area (TPSA) is 59.7 Å². The molecule has 1 aliphatic carbocycles. The fraction of sp³-hybridized carbons (Fsp3) is 0.500. The van der Waals surface area contributed by atoms with Crippen LogP contribution in [0.25, 0.3) is 0 Å². The molecular weight excluding hydrogens is 184 g/mol. The molecule has 1 aromatic rings. The first kappa shape index (κ1) is 9.27. The van der Waals surface area contributed by atoms with Gasteiger partial charge in [0.15, 0.2) is 5.60 Å². The highest BCUT2D eigenvalue weighted by atomic mass is 16.5. The Morgan fingerprint density at radius 1 is 1.71 bits per heavy atom. The molecule has 2 rings (SSSR count). The van der Waals surface area contributed by atoms with Crippen molar-refractivity contribution in [1.29, 1.82) is 0 Å². The van der Waals surface area contributed by atoms with Crippen LogP contribution in [-0.4, -0.2) is 18.2 Å². The van der Waals surface area contributed by atoms with Crippen molar-refractivity contribution >= 4 is 5.97 Å². The fourth-order valence-corrected chi connectivity index (χ4v) is 2.05. The van der Waals surface area contributed by atoms with Gasteiger partial charge < -0.3 is 14.3 Å². The Kier molecular flexibility index (Phi) is 2.07. The SMILES string of the molecule is COC1(C(=O)O)CCCc2occc21. The minimum Gasteiger partial charge on any atom is -0.479 e. The van der Waals surface area contributed by atoms with Gasteiger partial charge in [-0.1, -0.05) is 0 Å². The predicted molar refractivity (Wildman–Crippen MR) is 48.0 cm³/mol. The highest BCUT2D eigenvalue weighted by Gasteiger charge is 2.45. The molecule has 0 aliphatic heterocycles. The summed E-state index contributed by atoms with van der Waals surface area (Å²) >= 11 is 0. The molecule has 1 aliphatic rings. The van der Waals surface area contributed by atoms with Gasteiger partial charge in [-0.15, -0.1) is 0 Å². The summed E-state index contributed by atoms with van der Waals surface area (Å²) in [5, 5.41) is 9.19. The van der Waals surface area contributed by atoms with Crippen molar-refractivity contribution < 1.29 is 19.1 Å². The number of hydrogen-bond acceptors (Lipinski definition) is 3. The summed E-state index contributed by atoms with van der Waals surface area (Å²) in [4.78, 5) is 11.2. The van der Waals surface area contributed by atoms with Gasteiger partial charge in [0, 0.05) is 19.1 Å². The summed E-state index contributed by atoms with van der Waals surface area (Å²) in [7, 11) is 1.43. The summed E-state index contributed by atoms with van der Waals surface area (Å²) in [6.45, 7) is 0. The summed E-state index contributed by atoms with van der Waals surface area (Å²) < 4.78 is 10.4. The lowest BCUT2D eigenvalue weighted by atomic mass is 9.83. The van der Waals surface area contributed by atoms with Gasteiger partial charge in [-0.2, -0.15) is 0 Å². The molecule has 0 saturated heterocycles. The molecule has 0 amide bonds. The first-order valence-electron chi connectivity index (χ1n) is 4.56. The molecule has 14 heavy (non-hydrogen) atoms. The number of ether oxygens (including phenoxy) is 1. The molecule has 0 bridgehead atoms. The highest BCUT2D eigenvalue weighted by Crippen LogP contribution is 2.38. The van der Waals surface area contributed by atoms with Crippen molar-refractivity contribution in [2.45, 2.75) is 24.9 Å². The van der Waals surface area contributed by atoms with E-state index in [1.807, 2.05) is 0 Å². The third-order valence-corrected chi connectivity index (χ3v) is 2.81. The molecule has 0 saturated carbocycles. The van der Waals surface area contributed by atoms with Gasteiger partial charge in [0.1, 0.15) is 5.76 Å². The molecule has 1 aromatic heterocycles. The van der Waals surface area contributed by atoms with Gasteiger partial charge in [0.25, 0.3) is 0 Å². The van der Waals surface area contributed by atoms with E-state index in [-0.39, 0.29) is 0 Å². The van der Waals surface area contributed by atoms with E-state index in [1.165, 1.54) is 13.4 Å². The quantitative estimate of drug-likeness (QED) is 0.779. The molecule has 4 heteroatoms. The fourth-order valence-electron chi connectivity index (χ4n) is 2.05. The van der Waals surface area contributed by atoms with E-state index in [1.54, 1.807) is 6.07 Å². The number of aliphatic carboxylic acids is 1. The van der Waals surface area contributed by atoms with Crippen molar-refractivity contribution in [3.63, 3.8) is 0 Å². The molecule has 76 valence electrons. The molecular formula is C10H12O4. The summed E-state index contributed by atoms with van der Waals surface area (Å²) in [5.74, 6) is -0.206. The second-order valence-corrected chi connectivity index (χ2v) is 3.45. The molecule has 1 unspecified atom stereocenters. The Hall–Kier alpha value is -1.29. The molecule has 0 fully saturated rings. The second-order valence-electron chi connectivity index (χ2n) is 3.45. The predicted octanol–water partition coefficient (Wildman–Crippen LogP) is 1.54. The summed E-state index contributed by atoms with van der Waals surface area (Å²) in [6.07, 6.45) is 3.60. The number of carbonyl (C=O) groups is 1. The number of methoxy groups -OCH3 is 1. The molecule has 0 radical (unpaired) electrons. The lowest BCUT2D eigenvalue weighted by Gasteiger charge is -2.31. The van der Waals surface area contributed by atoms with E-state index >= 15 is 0 Å². The van der Waals surface area contributed by atoms with Gasteiger partial charge in [-0.3, -0.25) is 0 Å². The van der Waals surface area contributed by atoms with Crippen LogP contribution in [0.1, 0.15) is 24.2 Å². The Labute approximate surface area is 81.5 Å². The second kappa shape index (κ2) is 3.13. The molecule has 1 N–H and O–H groups in total. The zero-order valence-electron chi connectivity index (χ0n) is 7.95. The number of rotatable bonds is 2. The van der Waals surface area contributed by atoms with Crippen LogP contribution in [0, 0.1) is 0 Å². The first-order chi connectivity index (χ1) is 6.70. The minimum absolute atomic E-state index is 0.505. The zero-order chi connectivity index (χ0) is 10.2. The van der Waals surface area contributed by atoms with Gasteiger partial charge in [-0.05, 0) is 18.9 Å². The Morgan fingerprint density at radius 2 is 2.50 bits per heavy atom. The zero-order valence-corrected chi connectivity index (χ0v) is 7.95. The van der Waals surface area contributed by atoms with Crippen LogP contribution < -0.4 is 0 Å². The van der Waals surface area contributed by atoms with Crippen molar-refractivity contribution in [2.24, 2.45) is 0 Å². The monoisotopic (exact) mass is 196 g/mol. The number of hydrogen-bond donors (Lipinski definition) is 1. The van der Waals surface area contributed by atoms with E-state index in [0.717, 1.165) is 18.6 Å². The number of fused-ring (bicyclic) bond motifs is 1. The van der Waals surface area contributed by atoms with Crippen LogP contribution >= 0.6 is 0 Å². The number of aryl methyl sites for hydroxylation is 1. The number of furan rings is 1. The van der Waals surface area contributed by atoms with Gasteiger partial charge >= 0.3 is 5.97 Å². The van der Waals surface area contributed by atoms with Crippen LogP contribution in [0.3, 0.4) is 0 Å². The maximum absolute atomic E-state index is 11.2. The third kappa shape index (κ3) is 1.07. The number of carboxylic acids is 1. The molecule has 0 spiro atoms. The molecule has 1 atom stereocenters. The normalized spacial score (nSPS) is 25.8. The van der Waals surface area contributed by atoms with Crippen LogP contribution in [0.15, 0.2) is 16.7 Å². The Balaban J connectivity index is 2.52. The van der Waals surface area contributed by atoms with Crippen LogP contribution in [0.5, 0.6) is 0 Å². The first-order valence-corrected chi connectivity index (χ1v) is 4.56. The average molecular weight is 196 g/mol.